The van der Waals surface area contributed by atoms with Crippen LogP contribution in [0.15, 0.2) is 24.3 Å². The molecule has 0 spiro atoms. The van der Waals surface area contributed by atoms with Crippen LogP contribution >= 0.6 is 0 Å². The van der Waals surface area contributed by atoms with Crippen molar-refractivity contribution >= 4 is 11.6 Å². The number of methoxy groups -OCH3 is 1. The van der Waals surface area contributed by atoms with Crippen LogP contribution in [0.2, 0.25) is 0 Å². The molecule has 0 bridgehead atoms. The third kappa shape index (κ3) is 5.85. The molecule has 1 aromatic carbocycles. The van der Waals surface area contributed by atoms with Crippen LogP contribution in [0.5, 0.6) is 0 Å². The Labute approximate surface area is 115 Å². The molecule has 0 aliphatic rings. The molecule has 0 saturated carbocycles. The molecule has 2 N–H and O–H groups in total. The Morgan fingerprint density at radius 1 is 1.26 bits per heavy atom. The quantitative estimate of drug-likeness (QED) is 0.795. The van der Waals surface area contributed by atoms with Gasteiger partial charge in [0.05, 0.1) is 12.0 Å². The Hall–Kier alpha value is -1.39. The van der Waals surface area contributed by atoms with Crippen molar-refractivity contribution in [3.63, 3.8) is 0 Å². The van der Waals surface area contributed by atoms with Gasteiger partial charge in [-0.15, -0.1) is 0 Å². The number of hydrogen-bond donors (Lipinski definition) is 2. The van der Waals surface area contributed by atoms with Gasteiger partial charge >= 0.3 is 0 Å². The molecule has 0 aliphatic carbocycles. The van der Waals surface area contributed by atoms with E-state index in [4.69, 9.17) is 4.74 Å². The normalized spacial score (nSPS) is 11.4. The van der Waals surface area contributed by atoms with Gasteiger partial charge in [-0.25, -0.2) is 0 Å². The van der Waals surface area contributed by atoms with Crippen LogP contribution in [0.1, 0.15) is 32.8 Å². The lowest BCUT2D eigenvalue weighted by molar-refractivity contribution is -0.121. The summed E-state index contributed by atoms with van der Waals surface area (Å²) in [4.78, 5) is 11.8. The Kier molecular flexibility index (Phi) is 5.99. The standard InChI is InChI=1S/C15H24N2O2/c1-5-16-11-12-6-8-13(9-7-12)17-14(18)10-15(2,3)19-4/h6-9,16H,5,10-11H2,1-4H3,(H,17,18). The van der Waals surface area contributed by atoms with Crippen LogP contribution in [-0.4, -0.2) is 25.2 Å². The molecule has 0 unspecified atom stereocenters. The molecule has 0 aliphatic heterocycles. The second-order valence-corrected chi connectivity index (χ2v) is 5.17. The van der Waals surface area contributed by atoms with Crippen molar-refractivity contribution in [3.05, 3.63) is 29.8 Å². The fourth-order valence-corrected chi connectivity index (χ4v) is 1.64. The van der Waals surface area contributed by atoms with Crippen molar-refractivity contribution in [3.8, 4) is 0 Å². The smallest absolute Gasteiger partial charge is 0.227 e. The van der Waals surface area contributed by atoms with E-state index >= 15 is 0 Å². The van der Waals surface area contributed by atoms with Crippen LogP contribution in [-0.2, 0) is 16.1 Å². The maximum Gasteiger partial charge on any atom is 0.227 e. The third-order valence-corrected chi connectivity index (χ3v) is 2.96. The van der Waals surface area contributed by atoms with E-state index in [1.54, 1.807) is 7.11 Å². The Bertz CT molecular complexity index is 399. The van der Waals surface area contributed by atoms with Crippen LogP contribution in [0.3, 0.4) is 0 Å². The van der Waals surface area contributed by atoms with E-state index in [-0.39, 0.29) is 5.91 Å². The minimum absolute atomic E-state index is 0.0358. The lowest BCUT2D eigenvalue weighted by atomic mass is 10.0. The fraction of sp³-hybridized carbons (Fsp3) is 0.533. The number of anilines is 1. The second-order valence-electron chi connectivity index (χ2n) is 5.17. The molecule has 106 valence electrons. The number of carbonyl (C=O) groups is 1. The predicted molar refractivity (Wildman–Crippen MR) is 78.2 cm³/mol. The highest BCUT2D eigenvalue weighted by Crippen LogP contribution is 2.15. The molecule has 0 radical (unpaired) electrons. The SMILES string of the molecule is CCNCc1ccc(NC(=O)CC(C)(C)OC)cc1. The first-order chi connectivity index (χ1) is 8.96. The summed E-state index contributed by atoms with van der Waals surface area (Å²) >= 11 is 0. The molecule has 1 rings (SSSR count). The molecular formula is C15H24N2O2. The number of carbonyl (C=O) groups excluding carboxylic acids is 1. The minimum Gasteiger partial charge on any atom is -0.378 e. The maximum absolute atomic E-state index is 11.8. The number of ether oxygens (including phenoxy) is 1. The summed E-state index contributed by atoms with van der Waals surface area (Å²) in [7, 11) is 1.61. The molecule has 0 saturated heterocycles. The first-order valence-electron chi connectivity index (χ1n) is 6.61. The zero-order valence-corrected chi connectivity index (χ0v) is 12.2. The zero-order valence-electron chi connectivity index (χ0n) is 12.2. The topological polar surface area (TPSA) is 50.4 Å². The third-order valence-electron chi connectivity index (χ3n) is 2.96. The number of rotatable bonds is 7. The number of benzene rings is 1. The average Bonchev–Trinajstić information content (AvgIpc) is 2.37. The first kappa shape index (κ1) is 15.7. The number of nitrogens with one attached hydrogen (secondary N) is 2. The monoisotopic (exact) mass is 264 g/mol. The molecular weight excluding hydrogens is 240 g/mol. The summed E-state index contributed by atoms with van der Waals surface area (Å²) in [5.74, 6) is -0.0358. The zero-order chi connectivity index (χ0) is 14.3. The van der Waals surface area contributed by atoms with Gasteiger partial charge in [0.1, 0.15) is 0 Å². The molecule has 4 nitrogen and oxygen atoms in total. The highest BCUT2D eigenvalue weighted by molar-refractivity contribution is 5.91. The summed E-state index contributed by atoms with van der Waals surface area (Å²) in [6.45, 7) is 7.66. The lowest BCUT2D eigenvalue weighted by Gasteiger charge is -2.21. The van der Waals surface area contributed by atoms with Crippen LogP contribution in [0.4, 0.5) is 5.69 Å². The summed E-state index contributed by atoms with van der Waals surface area (Å²) in [6.07, 6.45) is 0.336. The van der Waals surface area contributed by atoms with E-state index in [0.717, 1.165) is 18.8 Å². The number of amides is 1. The molecule has 0 heterocycles. The van der Waals surface area contributed by atoms with E-state index in [2.05, 4.69) is 17.6 Å². The van der Waals surface area contributed by atoms with E-state index in [1.165, 1.54) is 5.56 Å². The molecule has 0 aromatic heterocycles. The van der Waals surface area contributed by atoms with Gasteiger partial charge < -0.3 is 15.4 Å². The van der Waals surface area contributed by atoms with Gasteiger partial charge in [0, 0.05) is 19.3 Å². The van der Waals surface area contributed by atoms with E-state index < -0.39 is 5.60 Å². The van der Waals surface area contributed by atoms with Crippen molar-refractivity contribution in [2.45, 2.75) is 39.3 Å². The van der Waals surface area contributed by atoms with Gasteiger partial charge in [0.2, 0.25) is 5.91 Å². The van der Waals surface area contributed by atoms with Crippen LogP contribution < -0.4 is 10.6 Å². The van der Waals surface area contributed by atoms with E-state index in [9.17, 15) is 4.79 Å². The Morgan fingerprint density at radius 2 is 1.89 bits per heavy atom. The molecule has 1 aromatic rings. The van der Waals surface area contributed by atoms with Crippen molar-refractivity contribution in [2.75, 3.05) is 19.0 Å². The molecule has 4 heteroatoms. The number of hydrogen-bond acceptors (Lipinski definition) is 3. The van der Waals surface area contributed by atoms with Gasteiger partial charge in [-0.3, -0.25) is 4.79 Å². The van der Waals surface area contributed by atoms with Crippen molar-refractivity contribution in [2.24, 2.45) is 0 Å². The molecule has 19 heavy (non-hydrogen) atoms. The minimum atomic E-state index is -0.435. The van der Waals surface area contributed by atoms with Gasteiger partial charge in [0.15, 0.2) is 0 Å². The average molecular weight is 264 g/mol. The van der Waals surface area contributed by atoms with E-state index in [1.807, 2.05) is 38.1 Å². The maximum atomic E-state index is 11.8. The van der Waals surface area contributed by atoms with E-state index in [0.29, 0.717) is 6.42 Å². The Balaban J connectivity index is 2.51. The highest BCUT2D eigenvalue weighted by atomic mass is 16.5. The van der Waals surface area contributed by atoms with Gasteiger partial charge in [-0.2, -0.15) is 0 Å². The summed E-state index contributed by atoms with van der Waals surface area (Å²) < 4.78 is 5.24. The Morgan fingerprint density at radius 3 is 2.42 bits per heavy atom. The first-order valence-corrected chi connectivity index (χ1v) is 6.61. The lowest BCUT2D eigenvalue weighted by Crippen LogP contribution is -2.29. The predicted octanol–water partition coefficient (Wildman–Crippen LogP) is 2.55. The summed E-state index contributed by atoms with van der Waals surface area (Å²) in [6, 6.07) is 7.87. The summed E-state index contributed by atoms with van der Waals surface area (Å²) in [5.41, 5.74) is 1.59. The van der Waals surface area contributed by atoms with Gasteiger partial charge in [-0.1, -0.05) is 19.1 Å². The van der Waals surface area contributed by atoms with Gasteiger partial charge in [0.25, 0.3) is 0 Å². The van der Waals surface area contributed by atoms with Crippen molar-refractivity contribution < 1.29 is 9.53 Å². The highest BCUT2D eigenvalue weighted by Gasteiger charge is 2.20. The van der Waals surface area contributed by atoms with Crippen molar-refractivity contribution in [1.29, 1.82) is 0 Å². The largest absolute Gasteiger partial charge is 0.378 e. The fourth-order valence-electron chi connectivity index (χ4n) is 1.64. The molecule has 0 fully saturated rings. The van der Waals surface area contributed by atoms with Gasteiger partial charge in [-0.05, 0) is 38.1 Å². The summed E-state index contributed by atoms with van der Waals surface area (Å²) in [5, 5.41) is 6.14. The molecule has 0 atom stereocenters. The van der Waals surface area contributed by atoms with Crippen LogP contribution in [0, 0.1) is 0 Å². The second kappa shape index (κ2) is 7.26. The van der Waals surface area contributed by atoms with Crippen molar-refractivity contribution in [1.82, 2.24) is 5.32 Å². The molecule has 1 amide bonds. The van der Waals surface area contributed by atoms with Crippen LogP contribution in [0.25, 0.3) is 0 Å².